The molecular formula is C18H16ClF3N2O. The summed E-state index contributed by atoms with van der Waals surface area (Å²) in [7, 11) is 0. The van der Waals surface area contributed by atoms with Gasteiger partial charge in [0, 0.05) is 23.7 Å². The monoisotopic (exact) mass is 368 g/mol. The molecule has 1 aliphatic rings. The van der Waals surface area contributed by atoms with Gasteiger partial charge in [0.2, 0.25) is 0 Å². The summed E-state index contributed by atoms with van der Waals surface area (Å²) < 4.78 is 39.1. The maximum absolute atomic E-state index is 13.0. The van der Waals surface area contributed by atoms with Gasteiger partial charge in [-0.1, -0.05) is 17.7 Å². The minimum absolute atomic E-state index is 0.154. The fourth-order valence-corrected chi connectivity index (χ4v) is 3.06. The Morgan fingerprint density at radius 2 is 1.80 bits per heavy atom. The van der Waals surface area contributed by atoms with Crippen molar-refractivity contribution < 1.29 is 18.0 Å². The van der Waals surface area contributed by atoms with Gasteiger partial charge in [0.1, 0.15) is 0 Å². The van der Waals surface area contributed by atoms with Crippen molar-refractivity contribution in [1.82, 2.24) is 0 Å². The van der Waals surface area contributed by atoms with Gasteiger partial charge in [0.05, 0.1) is 16.9 Å². The summed E-state index contributed by atoms with van der Waals surface area (Å²) in [5.41, 5.74) is 0.247. The average Bonchev–Trinajstić information content (AvgIpc) is 3.08. The molecular weight excluding hydrogens is 353 g/mol. The number of carbonyl (C=O) groups is 1. The molecule has 0 bridgehead atoms. The summed E-state index contributed by atoms with van der Waals surface area (Å²) in [6.07, 6.45) is -2.52. The van der Waals surface area contributed by atoms with Gasteiger partial charge >= 0.3 is 6.18 Å². The van der Waals surface area contributed by atoms with Gasteiger partial charge in [0.25, 0.3) is 5.91 Å². The van der Waals surface area contributed by atoms with Crippen LogP contribution in [0.3, 0.4) is 0 Å². The van der Waals surface area contributed by atoms with E-state index < -0.39 is 17.6 Å². The normalized spacial score (nSPS) is 14.6. The summed E-state index contributed by atoms with van der Waals surface area (Å²) in [6.45, 7) is 1.51. The number of anilines is 2. The number of benzene rings is 2. The van der Waals surface area contributed by atoms with Crippen LogP contribution in [-0.4, -0.2) is 19.0 Å². The number of hydrogen-bond acceptors (Lipinski definition) is 2. The first-order valence-corrected chi connectivity index (χ1v) is 8.25. The van der Waals surface area contributed by atoms with Crippen LogP contribution in [0, 0.1) is 0 Å². The highest BCUT2D eigenvalue weighted by molar-refractivity contribution is 6.31. The van der Waals surface area contributed by atoms with E-state index in [1.54, 1.807) is 18.2 Å². The zero-order valence-electron chi connectivity index (χ0n) is 13.2. The van der Waals surface area contributed by atoms with Crippen molar-refractivity contribution in [3.05, 3.63) is 58.6 Å². The van der Waals surface area contributed by atoms with Gasteiger partial charge in [-0.3, -0.25) is 4.79 Å². The van der Waals surface area contributed by atoms with Gasteiger partial charge in [0.15, 0.2) is 0 Å². The minimum Gasteiger partial charge on any atom is -0.370 e. The highest BCUT2D eigenvalue weighted by Crippen LogP contribution is 2.36. The maximum atomic E-state index is 13.0. The predicted octanol–water partition coefficient (Wildman–Crippen LogP) is 5.21. The number of nitrogens with one attached hydrogen (secondary N) is 1. The second-order valence-corrected chi connectivity index (χ2v) is 6.32. The van der Waals surface area contributed by atoms with E-state index >= 15 is 0 Å². The molecule has 0 saturated carbocycles. The van der Waals surface area contributed by atoms with Crippen molar-refractivity contribution in [2.75, 3.05) is 23.3 Å². The van der Waals surface area contributed by atoms with Crippen LogP contribution in [0.2, 0.25) is 5.02 Å². The number of rotatable bonds is 3. The molecule has 1 N–H and O–H groups in total. The lowest BCUT2D eigenvalue weighted by Crippen LogP contribution is -2.22. The first-order chi connectivity index (χ1) is 11.8. The highest BCUT2D eigenvalue weighted by atomic mass is 35.5. The van der Waals surface area contributed by atoms with Crippen LogP contribution in [0.15, 0.2) is 42.5 Å². The Bertz CT molecular complexity index is 786. The zero-order valence-corrected chi connectivity index (χ0v) is 14.0. The van der Waals surface area contributed by atoms with Crippen LogP contribution in [0.5, 0.6) is 0 Å². The van der Waals surface area contributed by atoms with E-state index in [4.69, 9.17) is 11.6 Å². The molecule has 1 saturated heterocycles. The van der Waals surface area contributed by atoms with Crippen molar-refractivity contribution >= 4 is 28.9 Å². The third-order valence-electron chi connectivity index (χ3n) is 4.11. The number of carbonyl (C=O) groups excluding carboxylic acids is 1. The largest absolute Gasteiger partial charge is 0.416 e. The quantitative estimate of drug-likeness (QED) is 0.806. The molecule has 0 unspecified atom stereocenters. The smallest absolute Gasteiger partial charge is 0.370 e. The van der Waals surface area contributed by atoms with Crippen LogP contribution in [-0.2, 0) is 6.18 Å². The molecule has 3 rings (SSSR count). The highest BCUT2D eigenvalue weighted by Gasteiger charge is 2.32. The molecule has 0 spiro atoms. The van der Waals surface area contributed by atoms with Crippen LogP contribution >= 0.6 is 11.6 Å². The molecule has 1 heterocycles. The molecule has 132 valence electrons. The zero-order chi connectivity index (χ0) is 18.0. The Hall–Kier alpha value is -2.21. The van der Waals surface area contributed by atoms with E-state index in [9.17, 15) is 18.0 Å². The molecule has 1 amide bonds. The number of nitrogens with zero attached hydrogens (tertiary/aromatic N) is 1. The van der Waals surface area contributed by atoms with Crippen molar-refractivity contribution in [3.8, 4) is 0 Å². The second-order valence-electron chi connectivity index (χ2n) is 5.89. The lowest BCUT2D eigenvalue weighted by molar-refractivity contribution is -0.137. The molecule has 2 aromatic rings. The van der Waals surface area contributed by atoms with Gasteiger partial charge < -0.3 is 10.2 Å². The minimum atomic E-state index is -4.47. The summed E-state index contributed by atoms with van der Waals surface area (Å²) in [5.74, 6) is -0.498. The van der Waals surface area contributed by atoms with Crippen LogP contribution in [0.25, 0.3) is 0 Å². The van der Waals surface area contributed by atoms with Crippen molar-refractivity contribution in [3.63, 3.8) is 0 Å². The third-order valence-corrected chi connectivity index (χ3v) is 4.34. The fourth-order valence-electron chi connectivity index (χ4n) is 2.87. The van der Waals surface area contributed by atoms with E-state index in [0.717, 1.165) is 38.1 Å². The molecule has 0 radical (unpaired) electrons. The van der Waals surface area contributed by atoms with Gasteiger partial charge in [-0.15, -0.1) is 0 Å². The van der Waals surface area contributed by atoms with Crippen molar-refractivity contribution in [2.24, 2.45) is 0 Å². The molecule has 0 aromatic heterocycles. The Morgan fingerprint density at radius 3 is 2.44 bits per heavy atom. The topological polar surface area (TPSA) is 32.3 Å². The molecule has 25 heavy (non-hydrogen) atoms. The number of alkyl halides is 3. The Labute approximate surface area is 148 Å². The molecule has 7 heteroatoms. The predicted molar refractivity (Wildman–Crippen MR) is 92.3 cm³/mol. The van der Waals surface area contributed by atoms with E-state index in [0.29, 0.717) is 10.7 Å². The molecule has 0 aliphatic carbocycles. The first kappa shape index (κ1) is 17.6. The van der Waals surface area contributed by atoms with Gasteiger partial charge in [-0.25, -0.2) is 0 Å². The maximum Gasteiger partial charge on any atom is 0.416 e. The van der Waals surface area contributed by atoms with E-state index in [-0.39, 0.29) is 11.3 Å². The summed E-state index contributed by atoms with van der Waals surface area (Å²) in [4.78, 5) is 14.4. The summed E-state index contributed by atoms with van der Waals surface area (Å²) in [6, 6.07) is 9.72. The van der Waals surface area contributed by atoms with Crippen molar-refractivity contribution in [2.45, 2.75) is 19.0 Å². The number of amides is 1. The van der Waals surface area contributed by atoms with Gasteiger partial charge in [-0.05, 0) is 49.2 Å². The van der Waals surface area contributed by atoms with Crippen LogP contribution in [0.4, 0.5) is 24.5 Å². The molecule has 1 aliphatic heterocycles. The first-order valence-electron chi connectivity index (χ1n) is 7.88. The Balaban J connectivity index is 1.95. The SMILES string of the molecule is O=C(Nc1cc(C(F)(F)F)ccc1N1CCCC1)c1cccc(Cl)c1. The Kier molecular flexibility index (Phi) is 4.90. The Morgan fingerprint density at radius 1 is 1.08 bits per heavy atom. The molecule has 0 atom stereocenters. The van der Waals surface area contributed by atoms with Crippen molar-refractivity contribution in [1.29, 1.82) is 0 Å². The van der Waals surface area contributed by atoms with E-state index in [2.05, 4.69) is 5.32 Å². The van der Waals surface area contributed by atoms with Crippen LogP contribution < -0.4 is 10.2 Å². The second kappa shape index (κ2) is 6.96. The molecule has 2 aromatic carbocycles. The third kappa shape index (κ3) is 4.07. The summed E-state index contributed by atoms with van der Waals surface area (Å²) in [5, 5.41) is 2.99. The standard InChI is InChI=1S/C18H16ClF3N2O/c19-14-5-3-4-12(10-14)17(25)23-15-11-13(18(20,21)22)6-7-16(15)24-8-1-2-9-24/h3-7,10-11H,1-2,8-9H2,(H,23,25). The molecule has 1 fully saturated rings. The van der Waals surface area contributed by atoms with E-state index in [1.165, 1.54) is 12.1 Å². The van der Waals surface area contributed by atoms with Crippen LogP contribution in [0.1, 0.15) is 28.8 Å². The lowest BCUT2D eigenvalue weighted by atomic mass is 10.1. The summed E-state index contributed by atoms with van der Waals surface area (Å²) >= 11 is 5.87. The lowest BCUT2D eigenvalue weighted by Gasteiger charge is -2.23. The average molecular weight is 369 g/mol. The van der Waals surface area contributed by atoms with Gasteiger partial charge in [-0.2, -0.15) is 13.2 Å². The number of halogens is 4. The van der Waals surface area contributed by atoms with E-state index in [1.807, 2.05) is 4.90 Å². The fraction of sp³-hybridized carbons (Fsp3) is 0.278. The molecule has 3 nitrogen and oxygen atoms in total. The number of hydrogen-bond donors (Lipinski definition) is 1.